The standard InChI is InChI=1S/C13H16BrF2NO2/c1-12(2,3)17-11(18)19-8-13(15,16)9-5-4-6-10(14)7-9/h4-7H,8H2,1-3H3,(H,17,18). The molecule has 1 rings (SSSR count). The van der Waals surface area contributed by atoms with Crippen LogP contribution in [0, 0.1) is 0 Å². The summed E-state index contributed by atoms with van der Waals surface area (Å²) in [4.78, 5) is 11.3. The van der Waals surface area contributed by atoms with Crippen LogP contribution in [0.1, 0.15) is 26.3 Å². The van der Waals surface area contributed by atoms with E-state index in [4.69, 9.17) is 0 Å². The van der Waals surface area contributed by atoms with Crippen LogP contribution in [0.3, 0.4) is 0 Å². The number of alkyl carbamates (subject to hydrolysis) is 1. The Morgan fingerprint density at radius 3 is 2.53 bits per heavy atom. The van der Waals surface area contributed by atoms with E-state index in [9.17, 15) is 13.6 Å². The lowest BCUT2D eigenvalue weighted by molar-refractivity contribution is -0.0611. The number of nitrogens with one attached hydrogen (secondary N) is 1. The number of hydrogen-bond donors (Lipinski definition) is 1. The second kappa shape index (κ2) is 5.86. The van der Waals surface area contributed by atoms with Crippen molar-refractivity contribution in [2.75, 3.05) is 6.61 Å². The molecule has 0 aromatic heterocycles. The quantitative estimate of drug-likeness (QED) is 0.904. The first kappa shape index (κ1) is 15.9. The third-order valence-corrected chi connectivity index (χ3v) is 2.60. The molecular weight excluding hydrogens is 320 g/mol. The average molecular weight is 336 g/mol. The number of benzene rings is 1. The van der Waals surface area contributed by atoms with Crippen molar-refractivity contribution < 1.29 is 18.3 Å². The number of carbonyl (C=O) groups excluding carboxylic acids is 1. The lowest BCUT2D eigenvalue weighted by Gasteiger charge is -2.22. The van der Waals surface area contributed by atoms with Crippen LogP contribution in [0.2, 0.25) is 0 Å². The highest BCUT2D eigenvalue weighted by atomic mass is 79.9. The zero-order chi connectivity index (χ0) is 14.7. The molecule has 0 unspecified atom stereocenters. The summed E-state index contributed by atoms with van der Waals surface area (Å²) in [5.41, 5.74) is -0.729. The van der Waals surface area contributed by atoms with Crippen molar-refractivity contribution in [1.29, 1.82) is 0 Å². The van der Waals surface area contributed by atoms with Gasteiger partial charge in [0.25, 0.3) is 0 Å². The van der Waals surface area contributed by atoms with Gasteiger partial charge in [-0.1, -0.05) is 28.1 Å². The van der Waals surface area contributed by atoms with Crippen molar-refractivity contribution in [3.8, 4) is 0 Å². The van der Waals surface area contributed by atoms with E-state index in [1.165, 1.54) is 18.2 Å². The molecule has 6 heteroatoms. The van der Waals surface area contributed by atoms with E-state index in [2.05, 4.69) is 26.0 Å². The molecule has 1 N–H and O–H groups in total. The number of ether oxygens (including phenoxy) is 1. The Bertz CT molecular complexity index is 458. The molecule has 0 heterocycles. The van der Waals surface area contributed by atoms with E-state index in [1.807, 2.05) is 0 Å². The molecule has 1 aromatic rings. The summed E-state index contributed by atoms with van der Waals surface area (Å²) in [5.74, 6) is -3.22. The average Bonchev–Trinajstić information content (AvgIpc) is 2.24. The topological polar surface area (TPSA) is 38.3 Å². The fourth-order valence-electron chi connectivity index (χ4n) is 1.30. The summed E-state index contributed by atoms with van der Waals surface area (Å²) in [6.45, 7) is 4.22. The monoisotopic (exact) mass is 335 g/mol. The smallest absolute Gasteiger partial charge is 0.407 e. The van der Waals surface area contributed by atoms with Crippen molar-refractivity contribution in [2.45, 2.75) is 32.2 Å². The van der Waals surface area contributed by atoms with E-state index < -0.39 is 24.2 Å². The lowest BCUT2D eigenvalue weighted by atomic mass is 10.1. The Morgan fingerprint density at radius 2 is 2.00 bits per heavy atom. The molecule has 0 aliphatic heterocycles. The van der Waals surface area contributed by atoms with Gasteiger partial charge in [-0.15, -0.1) is 0 Å². The number of carbonyl (C=O) groups is 1. The molecule has 0 spiro atoms. The zero-order valence-electron chi connectivity index (χ0n) is 11.0. The van der Waals surface area contributed by atoms with Gasteiger partial charge in [0.1, 0.15) is 0 Å². The fourth-order valence-corrected chi connectivity index (χ4v) is 1.70. The lowest BCUT2D eigenvalue weighted by Crippen LogP contribution is -2.42. The van der Waals surface area contributed by atoms with Crippen molar-refractivity contribution in [3.63, 3.8) is 0 Å². The molecule has 0 aliphatic carbocycles. The van der Waals surface area contributed by atoms with Gasteiger partial charge in [0.2, 0.25) is 0 Å². The van der Waals surface area contributed by atoms with Crippen molar-refractivity contribution >= 4 is 22.0 Å². The van der Waals surface area contributed by atoms with Gasteiger partial charge in [0.15, 0.2) is 6.61 Å². The van der Waals surface area contributed by atoms with Crippen LogP contribution in [0.5, 0.6) is 0 Å². The Morgan fingerprint density at radius 1 is 1.37 bits per heavy atom. The minimum atomic E-state index is -3.22. The van der Waals surface area contributed by atoms with Gasteiger partial charge in [-0.05, 0) is 32.9 Å². The highest BCUT2D eigenvalue weighted by Crippen LogP contribution is 2.30. The largest absolute Gasteiger partial charge is 0.443 e. The highest BCUT2D eigenvalue weighted by molar-refractivity contribution is 9.10. The van der Waals surface area contributed by atoms with E-state index in [1.54, 1.807) is 26.8 Å². The number of amides is 1. The first-order valence-corrected chi connectivity index (χ1v) is 6.48. The maximum atomic E-state index is 13.8. The van der Waals surface area contributed by atoms with Crippen LogP contribution in [0.15, 0.2) is 28.7 Å². The summed E-state index contributed by atoms with van der Waals surface area (Å²) in [6, 6.07) is 5.73. The Kier molecular flexibility index (Phi) is 4.90. The summed E-state index contributed by atoms with van der Waals surface area (Å²) >= 11 is 3.12. The van der Waals surface area contributed by atoms with Crippen molar-refractivity contribution in [3.05, 3.63) is 34.3 Å². The summed E-state index contributed by atoms with van der Waals surface area (Å²) in [6.07, 6.45) is -0.859. The van der Waals surface area contributed by atoms with E-state index >= 15 is 0 Å². The summed E-state index contributed by atoms with van der Waals surface area (Å²) < 4.78 is 32.7. The van der Waals surface area contributed by atoms with E-state index in [-0.39, 0.29) is 5.56 Å². The van der Waals surface area contributed by atoms with Gasteiger partial charge in [-0.2, -0.15) is 8.78 Å². The molecule has 0 radical (unpaired) electrons. The van der Waals surface area contributed by atoms with E-state index in [0.29, 0.717) is 4.47 Å². The van der Waals surface area contributed by atoms with Gasteiger partial charge < -0.3 is 10.1 Å². The normalized spacial score (nSPS) is 12.1. The third kappa shape index (κ3) is 5.55. The third-order valence-electron chi connectivity index (χ3n) is 2.11. The van der Waals surface area contributed by atoms with E-state index in [0.717, 1.165) is 0 Å². The van der Waals surface area contributed by atoms with Gasteiger partial charge in [0, 0.05) is 15.6 Å². The maximum absolute atomic E-state index is 13.8. The molecular formula is C13H16BrF2NO2. The second-order valence-corrected chi connectivity index (χ2v) is 6.08. The molecule has 106 valence electrons. The number of halogens is 3. The van der Waals surface area contributed by atoms with Crippen LogP contribution >= 0.6 is 15.9 Å². The Balaban J connectivity index is 2.63. The molecule has 0 aliphatic rings. The minimum Gasteiger partial charge on any atom is -0.443 e. The zero-order valence-corrected chi connectivity index (χ0v) is 12.6. The molecule has 1 amide bonds. The molecule has 0 atom stereocenters. The number of rotatable bonds is 3. The molecule has 0 saturated carbocycles. The van der Waals surface area contributed by atoms with Crippen LogP contribution in [0.4, 0.5) is 13.6 Å². The van der Waals surface area contributed by atoms with Gasteiger partial charge in [0.05, 0.1) is 0 Å². The van der Waals surface area contributed by atoms with Crippen molar-refractivity contribution in [1.82, 2.24) is 5.32 Å². The number of hydrogen-bond acceptors (Lipinski definition) is 2. The molecule has 1 aromatic carbocycles. The first-order valence-electron chi connectivity index (χ1n) is 5.69. The molecule has 0 fully saturated rings. The van der Waals surface area contributed by atoms with Gasteiger partial charge in [-0.3, -0.25) is 0 Å². The van der Waals surface area contributed by atoms with Crippen LogP contribution in [0.25, 0.3) is 0 Å². The first-order chi connectivity index (χ1) is 8.60. The van der Waals surface area contributed by atoms with Gasteiger partial charge in [-0.25, -0.2) is 4.79 Å². The SMILES string of the molecule is CC(C)(C)NC(=O)OCC(F)(F)c1cccc(Br)c1. The summed E-state index contributed by atoms with van der Waals surface area (Å²) in [5, 5.41) is 2.45. The van der Waals surface area contributed by atoms with Gasteiger partial charge >= 0.3 is 12.0 Å². The number of alkyl halides is 2. The van der Waals surface area contributed by atoms with Crippen LogP contribution < -0.4 is 5.32 Å². The Labute approximate surface area is 119 Å². The second-order valence-electron chi connectivity index (χ2n) is 5.17. The molecule has 19 heavy (non-hydrogen) atoms. The van der Waals surface area contributed by atoms with Crippen LogP contribution in [-0.2, 0) is 10.7 Å². The van der Waals surface area contributed by atoms with Crippen LogP contribution in [-0.4, -0.2) is 18.2 Å². The maximum Gasteiger partial charge on any atom is 0.407 e. The van der Waals surface area contributed by atoms with Crippen molar-refractivity contribution in [2.24, 2.45) is 0 Å². The predicted octanol–water partition coefficient (Wildman–Crippen LogP) is 4.07. The fraction of sp³-hybridized carbons (Fsp3) is 0.462. The molecule has 0 bridgehead atoms. The Hall–Kier alpha value is -1.17. The predicted molar refractivity (Wildman–Crippen MR) is 72.3 cm³/mol. The molecule has 3 nitrogen and oxygen atoms in total. The molecule has 0 saturated heterocycles. The highest BCUT2D eigenvalue weighted by Gasteiger charge is 2.34. The summed E-state index contributed by atoms with van der Waals surface area (Å²) in [7, 11) is 0. The minimum absolute atomic E-state index is 0.203.